The Hall–Kier alpha value is -1.87. The summed E-state index contributed by atoms with van der Waals surface area (Å²) in [5.74, 6) is -2.45. The summed E-state index contributed by atoms with van der Waals surface area (Å²) in [5.41, 5.74) is -0.153. The number of aliphatic carboxylic acids is 1. The Labute approximate surface area is 139 Å². The monoisotopic (exact) mass is 359 g/mol. The van der Waals surface area contributed by atoms with E-state index in [1.54, 1.807) is 0 Å². The normalized spacial score (nSPS) is 27.2. The number of halogens is 2. The number of benzene rings is 1. The predicted molar refractivity (Wildman–Crippen MR) is 81.5 cm³/mol. The third kappa shape index (κ3) is 3.18. The molecule has 1 atom stereocenters. The fourth-order valence-electron chi connectivity index (χ4n) is 3.00. The number of cyclic esters (lactones) is 1. The number of amides is 1. The molecule has 0 bridgehead atoms. The lowest BCUT2D eigenvalue weighted by Crippen LogP contribution is -2.28. The van der Waals surface area contributed by atoms with Gasteiger partial charge in [-0.3, -0.25) is 4.90 Å². The van der Waals surface area contributed by atoms with E-state index in [1.165, 1.54) is 0 Å². The van der Waals surface area contributed by atoms with Crippen LogP contribution in [-0.2, 0) is 20.7 Å². The van der Waals surface area contributed by atoms with E-state index >= 15 is 0 Å². The molecule has 2 aliphatic rings. The summed E-state index contributed by atoms with van der Waals surface area (Å²) < 4.78 is 44.8. The van der Waals surface area contributed by atoms with Gasteiger partial charge in [-0.15, -0.1) is 0 Å². The third-order valence-electron chi connectivity index (χ3n) is 4.26. The van der Waals surface area contributed by atoms with Crippen LogP contribution in [0.15, 0.2) is 12.1 Å². The maximum absolute atomic E-state index is 14.4. The summed E-state index contributed by atoms with van der Waals surface area (Å²) in [5, 5.41) is 8.86. The Kier molecular flexibility index (Phi) is 4.64. The number of carboxylic acids is 1. The third-order valence-corrected chi connectivity index (χ3v) is 5.64. The molecule has 2 heterocycles. The largest absolute Gasteiger partial charge is 0.616 e. The average molecular weight is 359 g/mol. The molecule has 9 heteroatoms. The Bertz CT molecular complexity index is 655. The van der Waals surface area contributed by atoms with Gasteiger partial charge in [0.2, 0.25) is 6.10 Å². The van der Waals surface area contributed by atoms with Crippen LogP contribution >= 0.6 is 0 Å². The molecule has 3 rings (SSSR count). The molecule has 0 radical (unpaired) electrons. The quantitative estimate of drug-likeness (QED) is 0.834. The molecule has 130 valence electrons. The number of ether oxygens (including phenoxy) is 1. The van der Waals surface area contributed by atoms with Gasteiger partial charge in [0, 0.05) is 5.56 Å². The number of anilines is 1. The second kappa shape index (κ2) is 6.56. The van der Waals surface area contributed by atoms with Gasteiger partial charge < -0.3 is 14.4 Å². The van der Waals surface area contributed by atoms with Crippen molar-refractivity contribution in [3.63, 3.8) is 0 Å². The molecule has 0 saturated carbocycles. The van der Waals surface area contributed by atoms with Gasteiger partial charge in [-0.05, 0) is 30.9 Å². The average Bonchev–Trinajstić information content (AvgIpc) is 2.90. The van der Waals surface area contributed by atoms with Crippen LogP contribution in [0.4, 0.5) is 19.3 Å². The zero-order valence-electron chi connectivity index (χ0n) is 12.5. The molecule has 2 fully saturated rings. The first-order valence-electron chi connectivity index (χ1n) is 7.41. The van der Waals surface area contributed by atoms with Crippen LogP contribution in [0, 0.1) is 11.6 Å². The lowest BCUT2D eigenvalue weighted by molar-refractivity contribution is -0.144. The molecule has 6 nitrogen and oxygen atoms in total. The van der Waals surface area contributed by atoms with Crippen molar-refractivity contribution in [3.05, 3.63) is 29.3 Å². The topological polar surface area (TPSA) is 89.9 Å². The van der Waals surface area contributed by atoms with E-state index in [4.69, 9.17) is 5.11 Å². The van der Waals surface area contributed by atoms with Crippen molar-refractivity contribution < 1.29 is 32.8 Å². The van der Waals surface area contributed by atoms with Gasteiger partial charge in [0.25, 0.3) is 0 Å². The second-order valence-electron chi connectivity index (χ2n) is 5.77. The molecule has 0 aliphatic carbocycles. The fraction of sp³-hybridized carbons (Fsp3) is 0.467. The summed E-state index contributed by atoms with van der Waals surface area (Å²) in [4.78, 5) is 23.5. The Morgan fingerprint density at radius 1 is 1.29 bits per heavy atom. The van der Waals surface area contributed by atoms with Crippen molar-refractivity contribution in [2.45, 2.75) is 24.9 Å². The molecule has 2 aliphatic heterocycles. The highest BCUT2D eigenvalue weighted by molar-refractivity contribution is 7.91. The van der Waals surface area contributed by atoms with E-state index in [9.17, 15) is 22.9 Å². The molecule has 24 heavy (non-hydrogen) atoms. The maximum atomic E-state index is 14.4. The molecule has 0 unspecified atom stereocenters. The number of carboxylic acid groups (broad SMARTS) is 1. The van der Waals surface area contributed by atoms with E-state index < -0.39 is 41.0 Å². The summed E-state index contributed by atoms with van der Waals surface area (Å²) in [6, 6.07) is 2.02. The molecule has 1 amide bonds. The van der Waals surface area contributed by atoms with Crippen molar-refractivity contribution in [3.8, 4) is 0 Å². The van der Waals surface area contributed by atoms with Gasteiger partial charge in [-0.2, -0.15) is 0 Å². The Balaban J connectivity index is 1.85. The summed E-state index contributed by atoms with van der Waals surface area (Å²) in [6.45, 7) is -0.311. The number of carbonyl (C=O) groups is 2. The molecule has 0 aromatic heterocycles. The van der Waals surface area contributed by atoms with Gasteiger partial charge in [0.15, 0.2) is 0 Å². The highest BCUT2D eigenvalue weighted by atomic mass is 32.2. The van der Waals surface area contributed by atoms with Crippen LogP contribution in [0.2, 0.25) is 0 Å². The minimum absolute atomic E-state index is 0.0715. The first-order valence-corrected chi connectivity index (χ1v) is 8.90. The van der Waals surface area contributed by atoms with Gasteiger partial charge in [0.05, 0.1) is 12.2 Å². The van der Waals surface area contributed by atoms with E-state index in [0.29, 0.717) is 24.3 Å². The summed E-state index contributed by atoms with van der Waals surface area (Å²) in [7, 11) is 0. The Morgan fingerprint density at radius 2 is 1.88 bits per heavy atom. The number of carbonyl (C=O) groups excluding carboxylic acids is 1. The number of hydrogen-bond donors (Lipinski definition) is 1. The number of nitrogens with zero attached hydrogens (tertiary/aromatic N) is 1. The van der Waals surface area contributed by atoms with Crippen molar-refractivity contribution in [2.24, 2.45) is 0 Å². The molecule has 2 saturated heterocycles. The van der Waals surface area contributed by atoms with E-state index in [-0.39, 0.29) is 23.7 Å². The molecule has 1 aromatic carbocycles. The molecular weight excluding hydrogens is 344 g/mol. The van der Waals surface area contributed by atoms with Crippen molar-refractivity contribution in [1.82, 2.24) is 0 Å². The van der Waals surface area contributed by atoms with Gasteiger partial charge in [-0.1, -0.05) is 11.2 Å². The zero-order valence-corrected chi connectivity index (χ0v) is 13.4. The van der Waals surface area contributed by atoms with Crippen molar-refractivity contribution in [2.75, 3.05) is 23.0 Å². The fourth-order valence-corrected chi connectivity index (χ4v) is 4.30. The van der Waals surface area contributed by atoms with E-state index in [2.05, 4.69) is 4.74 Å². The minimum Gasteiger partial charge on any atom is -0.616 e. The van der Waals surface area contributed by atoms with Crippen LogP contribution in [0.5, 0.6) is 0 Å². The molecule has 0 spiro atoms. The van der Waals surface area contributed by atoms with Crippen molar-refractivity contribution >= 4 is 28.9 Å². The van der Waals surface area contributed by atoms with Crippen LogP contribution in [0.25, 0.3) is 0 Å². The van der Waals surface area contributed by atoms with Crippen LogP contribution in [0.3, 0.4) is 0 Å². The summed E-state index contributed by atoms with van der Waals surface area (Å²) in [6.07, 6.45) is -1.45. The summed E-state index contributed by atoms with van der Waals surface area (Å²) >= 11 is -0.937. The SMILES string of the molecule is O=C(O)[C@H]1CN(c2cc(F)c(C3CC[S+]([O-])CC3)c(F)c2)C(=O)O1. The van der Waals surface area contributed by atoms with Gasteiger partial charge >= 0.3 is 12.1 Å². The van der Waals surface area contributed by atoms with Gasteiger partial charge in [-0.25, -0.2) is 18.4 Å². The van der Waals surface area contributed by atoms with Crippen LogP contribution in [0.1, 0.15) is 24.3 Å². The lowest BCUT2D eigenvalue weighted by atomic mass is 9.92. The highest BCUT2D eigenvalue weighted by Crippen LogP contribution is 2.35. The number of hydrogen-bond acceptors (Lipinski definition) is 4. The maximum Gasteiger partial charge on any atom is 0.415 e. The smallest absolute Gasteiger partial charge is 0.415 e. The first-order chi connectivity index (χ1) is 11.4. The van der Waals surface area contributed by atoms with Crippen LogP contribution < -0.4 is 4.90 Å². The molecular formula is C15H15F2NO5S. The van der Waals surface area contributed by atoms with Gasteiger partial charge in [0.1, 0.15) is 23.1 Å². The second-order valence-corrected chi connectivity index (χ2v) is 7.46. The highest BCUT2D eigenvalue weighted by Gasteiger charge is 2.38. The van der Waals surface area contributed by atoms with Crippen molar-refractivity contribution in [1.29, 1.82) is 0 Å². The predicted octanol–water partition coefficient (Wildman–Crippen LogP) is 2.00. The standard InChI is InChI=1S/C15H15F2NO5S/c16-10-5-9(18-7-12(14(19)20)23-15(18)21)6-11(17)13(10)8-1-3-24(22)4-2-8/h5-6,8,12H,1-4,7H2,(H,19,20)/t8?,12-,24?/m1/s1. The number of rotatable bonds is 3. The molecule has 1 N–H and O–H groups in total. The zero-order chi connectivity index (χ0) is 17.4. The Morgan fingerprint density at radius 3 is 2.38 bits per heavy atom. The van der Waals surface area contributed by atoms with E-state index in [1.807, 2.05) is 0 Å². The van der Waals surface area contributed by atoms with E-state index in [0.717, 1.165) is 17.0 Å². The molecule has 1 aromatic rings. The minimum atomic E-state index is -1.36. The first kappa shape index (κ1) is 17.0. The lowest BCUT2D eigenvalue weighted by Gasteiger charge is -2.25. The van der Waals surface area contributed by atoms with Crippen LogP contribution in [-0.4, -0.2) is 45.9 Å².